The molecule has 1 aromatic rings. The predicted molar refractivity (Wildman–Crippen MR) is 73.3 cm³/mol. The van der Waals surface area contributed by atoms with E-state index < -0.39 is 17.8 Å². The van der Waals surface area contributed by atoms with Gasteiger partial charge in [-0.05, 0) is 24.6 Å². The van der Waals surface area contributed by atoms with Gasteiger partial charge in [0.2, 0.25) is 5.91 Å². The zero-order valence-electron chi connectivity index (χ0n) is 10.6. The molecule has 0 heterocycles. The number of hydrogen-bond acceptors (Lipinski definition) is 3. The van der Waals surface area contributed by atoms with Gasteiger partial charge in [0.25, 0.3) is 0 Å². The second-order valence-electron chi connectivity index (χ2n) is 4.50. The Morgan fingerprint density at radius 3 is 2.63 bits per heavy atom. The number of carbonyl (C=O) groups is 2. The lowest BCUT2D eigenvalue weighted by molar-refractivity contribution is -0.139. The molecule has 0 radical (unpaired) electrons. The van der Waals surface area contributed by atoms with Crippen LogP contribution in [0.5, 0.6) is 5.75 Å². The van der Waals surface area contributed by atoms with E-state index in [1.807, 2.05) is 6.07 Å². The maximum atomic E-state index is 12.2. The van der Waals surface area contributed by atoms with Crippen molar-refractivity contribution in [1.29, 1.82) is 0 Å². The molecule has 6 heteroatoms. The topological polar surface area (TPSA) is 66.8 Å². The SMILES string of the molecule is COc1ccc(Br)cc1N(C)C(=O)C1CC1C(=O)O. The molecule has 1 N–H and O–H groups in total. The molecule has 1 amide bonds. The summed E-state index contributed by atoms with van der Waals surface area (Å²) in [6.07, 6.45) is 0.412. The summed E-state index contributed by atoms with van der Waals surface area (Å²) in [5, 5.41) is 8.87. The van der Waals surface area contributed by atoms with Crippen molar-refractivity contribution in [3.63, 3.8) is 0 Å². The summed E-state index contributed by atoms with van der Waals surface area (Å²) >= 11 is 3.34. The number of anilines is 1. The Hall–Kier alpha value is -1.56. The first kappa shape index (κ1) is 13.9. The van der Waals surface area contributed by atoms with E-state index in [-0.39, 0.29) is 5.91 Å². The Bertz CT molecular complexity index is 531. The summed E-state index contributed by atoms with van der Waals surface area (Å²) in [5.74, 6) is -1.50. The minimum Gasteiger partial charge on any atom is -0.495 e. The molecule has 1 fully saturated rings. The number of carboxylic acids is 1. The van der Waals surface area contributed by atoms with Crippen LogP contribution in [0, 0.1) is 11.8 Å². The molecule has 0 aromatic heterocycles. The third-order valence-corrected chi connectivity index (χ3v) is 3.75. The first-order valence-corrected chi connectivity index (χ1v) is 6.59. The molecule has 19 heavy (non-hydrogen) atoms. The van der Waals surface area contributed by atoms with Gasteiger partial charge in [0.1, 0.15) is 5.75 Å². The van der Waals surface area contributed by atoms with Gasteiger partial charge < -0.3 is 14.7 Å². The molecule has 0 bridgehead atoms. The van der Waals surface area contributed by atoms with Gasteiger partial charge in [-0.15, -0.1) is 0 Å². The quantitative estimate of drug-likeness (QED) is 0.920. The van der Waals surface area contributed by atoms with Crippen molar-refractivity contribution in [1.82, 2.24) is 0 Å². The highest BCUT2D eigenvalue weighted by molar-refractivity contribution is 9.10. The number of amides is 1. The molecule has 1 aliphatic carbocycles. The number of benzene rings is 1. The van der Waals surface area contributed by atoms with Crippen molar-refractivity contribution >= 4 is 33.5 Å². The zero-order valence-corrected chi connectivity index (χ0v) is 12.2. The number of carbonyl (C=O) groups excluding carboxylic acids is 1. The minimum absolute atomic E-state index is 0.191. The molecule has 1 saturated carbocycles. The summed E-state index contributed by atoms with van der Waals surface area (Å²) in [6.45, 7) is 0. The smallest absolute Gasteiger partial charge is 0.307 e. The summed E-state index contributed by atoms with van der Waals surface area (Å²) in [7, 11) is 3.16. The second kappa shape index (κ2) is 5.21. The molecule has 0 saturated heterocycles. The summed E-state index contributed by atoms with van der Waals surface area (Å²) < 4.78 is 6.04. The second-order valence-corrected chi connectivity index (χ2v) is 5.42. The van der Waals surface area contributed by atoms with Crippen LogP contribution in [0.25, 0.3) is 0 Å². The van der Waals surface area contributed by atoms with Gasteiger partial charge in [0.05, 0.1) is 24.6 Å². The number of carboxylic acid groups (broad SMARTS) is 1. The molecule has 2 rings (SSSR count). The van der Waals surface area contributed by atoms with Gasteiger partial charge in [-0.3, -0.25) is 9.59 Å². The molecule has 1 aliphatic rings. The maximum absolute atomic E-state index is 12.2. The molecule has 0 spiro atoms. The Morgan fingerprint density at radius 2 is 2.11 bits per heavy atom. The van der Waals surface area contributed by atoms with Crippen LogP contribution in [0.4, 0.5) is 5.69 Å². The van der Waals surface area contributed by atoms with Gasteiger partial charge in [0.15, 0.2) is 0 Å². The van der Waals surface area contributed by atoms with Crippen LogP contribution in [0.15, 0.2) is 22.7 Å². The summed E-state index contributed by atoms with van der Waals surface area (Å²) in [6, 6.07) is 5.34. The van der Waals surface area contributed by atoms with Crippen molar-refractivity contribution in [2.75, 3.05) is 19.1 Å². The van der Waals surface area contributed by atoms with Gasteiger partial charge in [-0.25, -0.2) is 0 Å². The first-order valence-electron chi connectivity index (χ1n) is 5.79. The highest BCUT2D eigenvalue weighted by Gasteiger charge is 2.49. The van der Waals surface area contributed by atoms with E-state index >= 15 is 0 Å². The van der Waals surface area contributed by atoms with Crippen molar-refractivity contribution < 1.29 is 19.4 Å². The fourth-order valence-corrected chi connectivity index (χ4v) is 2.38. The number of aliphatic carboxylic acids is 1. The van der Waals surface area contributed by atoms with E-state index in [1.54, 1.807) is 19.2 Å². The Kier molecular flexibility index (Phi) is 3.80. The first-order chi connectivity index (χ1) is 8.95. The van der Waals surface area contributed by atoms with Gasteiger partial charge in [-0.2, -0.15) is 0 Å². The van der Waals surface area contributed by atoms with Crippen LogP contribution in [0.3, 0.4) is 0 Å². The molecular formula is C13H14BrNO4. The minimum atomic E-state index is -0.909. The Labute approximate surface area is 119 Å². The fourth-order valence-electron chi connectivity index (χ4n) is 2.03. The average Bonchev–Trinajstić information content (AvgIpc) is 3.17. The van der Waals surface area contributed by atoms with Crippen LogP contribution in [-0.4, -0.2) is 31.1 Å². The fraction of sp³-hybridized carbons (Fsp3) is 0.385. The van der Waals surface area contributed by atoms with Crippen LogP contribution < -0.4 is 9.64 Å². The third kappa shape index (κ3) is 2.73. The van der Waals surface area contributed by atoms with Crippen LogP contribution in [0.2, 0.25) is 0 Å². The Morgan fingerprint density at radius 1 is 1.42 bits per heavy atom. The van der Waals surface area contributed by atoms with Crippen LogP contribution >= 0.6 is 15.9 Å². The maximum Gasteiger partial charge on any atom is 0.307 e. The van der Waals surface area contributed by atoms with Crippen LogP contribution in [-0.2, 0) is 9.59 Å². The monoisotopic (exact) mass is 327 g/mol. The van der Waals surface area contributed by atoms with Gasteiger partial charge in [-0.1, -0.05) is 15.9 Å². The molecule has 102 valence electrons. The van der Waals surface area contributed by atoms with E-state index in [4.69, 9.17) is 9.84 Å². The van der Waals surface area contributed by atoms with Crippen LogP contribution in [0.1, 0.15) is 6.42 Å². The largest absolute Gasteiger partial charge is 0.495 e. The van der Waals surface area contributed by atoms with Crippen molar-refractivity contribution in [3.05, 3.63) is 22.7 Å². The number of ether oxygens (including phenoxy) is 1. The van der Waals surface area contributed by atoms with Crippen molar-refractivity contribution in [2.24, 2.45) is 11.8 Å². The Balaban J connectivity index is 2.20. The summed E-state index contributed by atoms with van der Waals surface area (Å²) in [5.41, 5.74) is 0.623. The molecule has 2 atom stereocenters. The lowest BCUT2D eigenvalue weighted by Crippen LogP contribution is -2.29. The average molecular weight is 328 g/mol. The molecule has 0 aliphatic heterocycles. The van der Waals surface area contributed by atoms with E-state index in [0.717, 1.165) is 4.47 Å². The normalized spacial score (nSPS) is 20.8. The predicted octanol–water partition coefficient (Wildman–Crippen LogP) is 2.14. The lowest BCUT2D eigenvalue weighted by Gasteiger charge is -2.20. The van der Waals surface area contributed by atoms with E-state index in [9.17, 15) is 9.59 Å². The molecule has 1 aromatic carbocycles. The number of hydrogen-bond donors (Lipinski definition) is 1. The number of methoxy groups -OCH3 is 1. The highest BCUT2D eigenvalue weighted by atomic mass is 79.9. The lowest BCUT2D eigenvalue weighted by atomic mass is 10.2. The molecule has 5 nitrogen and oxygen atoms in total. The number of halogens is 1. The molecule has 2 unspecified atom stereocenters. The summed E-state index contributed by atoms with van der Waals surface area (Å²) in [4.78, 5) is 24.5. The third-order valence-electron chi connectivity index (χ3n) is 3.26. The zero-order chi connectivity index (χ0) is 14.2. The van der Waals surface area contributed by atoms with E-state index in [1.165, 1.54) is 12.0 Å². The van der Waals surface area contributed by atoms with Crippen molar-refractivity contribution in [2.45, 2.75) is 6.42 Å². The van der Waals surface area contributed by atoms with Gasteiger partial charge in [0, 0.05) is 11.5 Å². The molecular weight excluding hydrogens is 314 g/mol. The standard InChI is InChI=1S/C13H14BrNO4/c1-15(12(16)8-6-9(8)13(17)18)10-5-7(14)3-4-11(10)19-2/h3-5,8-9H,6H2,1-2H3,(H,17,18). The van der Waals surface area contributed by atoms with Crippen molar-refractivity contribution in [3.8, 4) is 5.75 Å². The number of rotatable bonds is 4. The van der Waals surface area contributed by atoms with Gasteiger partial charge >= 0.3 is 5.97 Å². The van der Waals surface area contributed by atoms with E-state index in [2.05, 4.69) is 15.9 Å². The van der Waals surface area contributed by atoms with E-state index in [0.29, 0.717) is 17.9 Å². The number of nitrogens with zero attached hydrogens (tertiary/aromatic N) is 1. The highest BCUT2D eigenvalue weighted by Crippen LogP contribution is 2.42.